The quantitative estimate of drug-likeness (QED) is 0.652. The van der Waals surface area contributed by atoms with Crippen molar-refractivity contribution in [1.82, 2.24) is 15.5 Å². The molecule has 2 fully saturated rings. The number of hydrogen-bond acceptors (Lipinski definition) is 4. The lowest BCUT2D eigenvalue weighted by Gasteiger charge is -2.38. The molecule has 188 valence electrons. The van der Waals surface area contributed by atoms with Crippen molar-refractivity contribution in [3.8, 4) is 0 Å². The van der Waals surface area contributed by atoms with Crippen LogP contribution in [-0.4, -0.2) is 61.5 Å². The molecule has 0 saturated carbocycles. The number of hydrogen-bond donors (Lipinski definition) is 2. The highest BCUT2D eigenvalue weighted by molar-refractivity contribution is 5.96. The number of carbonyl (C=O) groups is 2. The van der Waals surface area contributed by atoms with Crippen LogP contribution in [0, 0.1) is 6.92 Å². The molecule has 35 heavy (non-hydrogen) atoms. The van der Waals surface area contributed by atoms with Gasteiger partial charge in [0.15, 0.2) is 0 Å². The lowest BCUT2D eigenvalue weighted by atomic mass is 10.0. The number of benzene rings is 2. The zero-order chi connectivity index (χ0) is 25.0. The van der Waals surface area contributed by atoms with Gasteiger partial charge in [-0.3, -0.25) is 14.5 Å². The number of aryl methyl sites for hydroxylation is 1. The van der Waals surface area contributed by atoms with E-state index in [0.717, 1.165) is 57.6 Å². The summed E-state index contributed by atoms with van der Waals surface area (Å²) in [5, 5.41) is 5.36. The van der Waals surface area contributed by atoms with Crippen LogP contribution >= 0.6 is 0 Å². The van der Waals surface area contributed by atoms with Gasteiger partial charge in [0.1, 0.15) is 0 Å². The molecule has 2 aromatic rings. The highest BCUT2D eigenvalue weighted by Crippen LogP contribution is 2.29. The summed E-state index contributed by atoms with van der Waals surface area (Å²) >= 11 is 0. The van der Waals surface area contributed by atoms with E-state index >= 15 is 0 Å². The zero-order valence-corrected chi connectivity index (χ0v) is 19.8. The molecule has 9 heteroatoms. The van der Waals surface area contributed by atoms with E-state index in [1.165, 1.54) is 23.4 Å². The molecule has 0 aliphatic carbocycles. The van der Waals surface area contributed by atoms with Gasteiger partial charge in [0, 0.05) is 49.5 Å². The largest absolute Gasteiger partial charge is 0.416 e. The Morgan fingerprint density at radius 1 is 1.00 bits per heavy atom. The molecular weight excluding hydrogens is 457 g/mol. The van der Waals surface area contributed by atoms with E-state index in [2.05, 4.69) is 51.6 Å². The second-order valence-corrected chi connectivity index (χ2v) is 9.37. The van der Waals surface area contributed by atoms with Crippen molar-refractivity contribution in [2.24, 2.45) is 0 Å². The van der Waals surface area contributed by atoms with Crippen LogP contribution in [0.3, 0.4) is 0 Å². The molecule has 0 unspecified atom stereocenters. The van der Waals surface area contributed by atoms with Gasteiger partial charge >= 0.3 is 6.18 Å². The van der Waals surface area contributed by atoms with Crippen molar-refractivity contribution in [1.29, 1.82) is 0 Å². The second-order valence-electron chi connectivity index (χ2n) is 9.37. The number of halogens is 3. The van der Waals surface area contributed by atoms with E-state index in [1.54, 1.807) is 0 Å². The Morgan fingerprint density at radius 3 is 2.46 bits per heavy atom. The maximum Gasteiger partial charge on any atom is 0.416 e. The average molecular weight is 489 g/mol. The van der Waals surface area contributed by atoms with Crippen molar-refractivity contribution < 1.29 is 22.8 Å². The Balaban J connectivity index is 1.20. The third kappa shape index (κ3) is 6.54. The summed E-state index contributed by atoms with van der Waals surface area (Å²) in [6, 6.07) is 13.2. The summed E-state index contributed by atoms with van der Waals surface area (Å²) < 4.78 is 38.5. The number of alkyl halides is 3. The van der Waals surface area contributed by atoms with Gasteiger partial charge in [-0.05, 0) is 62.1 Å². The molecule has 2 N–H and O–H groups in total. The van der Waals surface area contributed by atoms with E-state index in [-0.39, 0.29) is 24.1 Å². The molecule has 6 nitrogen and oxygen atoms in total. The van der Waals surface area contributed by atoms with E-state index in [4.69, 9.17) is 0 Å². The summed E-state index contributed by atoms with van der Waals surface area (Å²) in [6.45, 7) is 5.51. The molecule has 0 aromatic heterocycles. The summed E-state index contributed by atoms with van der Waals surface area (Å²) in [5.41, 5.74) is 1.50. The van der Waals surface area contributed by atoms with Gasteiger partial charge in [-0.1, -0.05) is 18.2 Å². The predicted molar refractivity (Wildman–Crippen MR) is 128 cm³/mol. The average Bonchev–Trinajstić information content (AvgIpc) is 3.30. The summed E-state index contributed by atoms with van der Waals surface area (Å²) in [7, 11) is 0. The fraction of sp³-hybridized carbons (Fsp3) is 0.462. The minimum atomic E-state index is -4.53. The number of likely N-dealkylation sites (tertiary alicyclic amines) is 1. The Morgan fingerprint density at radius 2 is 1.74 bits per heavy atom. The van der Waals surface area contributed by atoms with Crippen molar-refractivity contribution >= 4 is 17.5 Å². The van der Waals surface area contributed by atoms with Crippen LogP contribution in [0.2, 0.25) is 0 Å². The Bertz CT molecular complexity index is 1050. The third-order valence-electron chi connectivity index (χ3n) is 6.79. The number of anilines is 1. The molecule has 2 aliphatic heterocycles. The standard InChI is InChI=1S/C26H31F3N4O2/c1-18-4-2-7-23(14-18)32-12-9-22(10-13-32)33-11-8-21(17-33)31-24(34)16-30-25(35)19-5-3-6-20(15-19)26(27,28)29/h2-7,14-15,21-22H,8-13,16-17H2,1H3,(H,30,35)(H,31,34)/t21-/m1/s1. The molecule has 0 radical (unpaired) electrons. The van der Waals surface area contributed by atoms with Gasteiger partial charge in [-0.15, -0.1) is 0 Å². The van der Waals surface area contributed by atoms with Gasteiger partial charge in [-0.25, -0.2) is 0 Å². The fourth-order valence-corrected chi connectivity index (χ4v) is 4.93. The second kappa shape index (κ2) is 10.7. The third-order valence-corrected chi connectivity index (χ3v) is 6.79. The van der Waals surface area contributed by atoms with Crippen LogP contribution in [0.4, 0.5) is 18.9 Å². The van der Waals surface area contributed by atoms with Crippen LogP contribution < -0.4 is 15.5 Å². The van der Waals surface area contributed by atoms with Gasteiger partial charge in [0.25, 0.3) is 5.91 Å². The lowest BCUT2D eigenvalue weighted by molar-refractivity contribution is -0.137. The lowest BCUT2D eigenvalue weighted by Crippen LogP contribution is -2.46. The summed E-state index contributed by atoms with van der Waals surface area (Å²) in [6.07, 6.45) is -1.55. The first-order valence-electron chi connectivity index (χ1n) is 12.0. The van der Waals surface area contributed by atoms with Crippen LogP contribution in [0.25, 0.3) is 0 Å². The molecule has 1 atom stereocenters. The first-order valence-corrected chi connectivity index (χ1v) is 12.0. The number of amides is 2. The number of rotatable bonds is 6. The fourth-order valence-electron chi connectivity index (χ4n) is 4.93. The van der Waals surface area contributed by atoms with E-state index in [0.29, 0.717) is 6.04 Å². The highest BCUT2D eigenvalue weighted by atomic mass is 19.4. The Kier molecular flexibility index (Phi) is 7.64. The van der Waals surface area contributed by atoms with Crippen LogP contribution in [0.15, 0.2) is 48.5 Å². The van der Waals surface area contributed by atoms with Crippen molar-refractivity contribution in [3.63, 3.8) is 0 Å². The minimum absolute atomic E-state index is 0.00256. The number of nitrogens with one attached hydrogen (secondary N) is 2. The molecule has 4 rings (SSSR count). The predicted octanol–water partition coefficient (Wildman–Crippen LogP) is 3.60. The zero-order valence-electron chi connectivity index (χ0n) is 19.8. The first kappa shape index (κ1) is 25.0. The SMILES string of the molecule is Cc1cccc(N2CCC(N3CC[C@@H](NC(=O)CNC(=O)c4cccc(C(F)(F)F)c4)C3)CC2)c1. The Labute approximate surface area is 203 Å². The van der Waals surface area contributed by atoms with Crippen LogP contribution in [-0.2, 0) is 11.0 Å². The monoisotopic (exact) mass is 488 g/mol. The van der Waals surface area contributed by atoms with Crippen molar-refractivity contribution in [2.75, 3.05) is 37.6 Å². The smallest absolute Gasteiger partial charge is 0.371 e. The van der Waals surface area contributed by atoms with Crippen LogP contribution in [0.5, 0.6) is 0 Å². The molecule has 2 saturated heterocycles. The minimum Gasteiger partial charge on any atom is -0.371 e. The van der Waals surface area contributed by atoms with E-state index in [9.17, 15) is 22.8 Å². The molecule has 0 spiro atoms. The van der Waals surface area contributed by atoms with E-state index in [1.807, 2.05) is 0 Å². The molecular formula is C26H31F3N4O2. The number of nitrogens with zero attached hydrogens (tertiary/aromatic N) is 2. The van der Waals surface area contributed by atoms with Gasteiger partial charge in [0.05, 0.1) is 12.1 Å². The summed E-state index contributed by atoms with van der Waals surface area (Å²) in [4.78, 5) is 29.4. The maximum absolute atomic E-state index is 12.8. The van der Waals surface area contributed by atoms with Gasteiger partial charge in [-0.2, -0.15) is 13.2 Å². The van der Waals surface area contributed by atoms with Gasteiger partial charge in [0.2, 0.25) is 5.91 Å². The van der Waals surface area contributed by atoms with E-state index < -0.39 is 17.6 Å². The normalized spacial score (nSPS) is 19.5. The van der Waals surface area contributed by atoms with Gasteiger partial charge < -0.3 is 15.5 Å². The molecule has 2 aromatic carbocycles. The summed E-state index contributed by atoms with van der Waals surface area (Å²) in [5.74, 6) is -1.05. The topological polar surface area (TPSA) is 64.7 Å². The van der Waals surface area contributed by atoms with Crippen molar-refractivity contribution in [2.45, 2.75) is 44.4 Å². The number of piperidine rings is 1. The van der Waals surface area contributed by atoms with Crippen molar-refractivity contribution in [3.05, 3.63) is 65.2 Å². The number of carbonyl (C=O) groups excluding carboxylic acids is 2. The maximum atomic E-state index is 12.8. The molecule has 0 bridgehead atoms. The molecule has 2 aliphatic rings. The first-order chi connectivity index (χ1) is 16.7. The van der Waals surface area contributed by atoms with Crippen LogP contribution in [0.1, 0.15) is 40.7 Å². The Hall–Kier alpha value is -3.07. The highest BCUT2D eigenvalue weighted by Gasteiger charge is 2.32. The molecule has 2 amide bonds. The molecule has 2 heterocycles.